The number of piperazine rings is 1. The summed E-state index contributed by atoms with van der Waals surface area (Å²) in [6, 6.07) is 14.5. The van der Waals surface area contributed by atoms with Crippen molar-refractivity contribution >= 4 is 23.3 Å². The molecule has 0 aliphatic carbocycles. The number of pyridine rings is 1. The van der Waals surface area contributed by atoms with Gasteiger partial charge < -0.3 is 14.7 Å². The molecule has 3 aromatic rings. The summed E-state index contributed by atoms with van der Waals surface area (Å²) < 4.78 is 0. The molecule has 1 fully saturated rings. The molecule has 2 aromatic heterocycles. The molecular weight excluding hydrogens is 338 g/mol. The van der Waals surface area contributed by atoms with Gasteiger partial charge in [0.1, 0.15) is 5.82 Å². The molecule has 0 radical (unpaired) electrons. The summed E-state index contributed by atoms with van der Waals surface area (Å²) >= 11 is 0. The highest BCUT2D eigenvalue weighted by molar-refractivity contribution is 5.67. The summed E-state index contributed by atoms with van der Waals surface area (Å²) in [5.41, 5.74) is 2.59. The fourth-order valence-electron chi connectivity index (χ4n) is 3.80. The number of nitrogens with zero attached hydrogens (tertiary/aromatic N) is 7. The molecule has 0 N–H and O–H groups in total. The van der Waals surface area contributed by atoms with Crippen LogP contribution < -0.4 is 14.7 Å². The van der Waals surface area contributed by atoms with Crippen LogP contribution in [0.1, 0.15) is 5.56 Å². The monoisotopic (exact) mass is 359 g/mol. The lowest BCUT2D eigenvalue weighted by atomic mass is 10.2. The minimum absolute atomic E-state index is 0.706. The molecule has 2 aliphatic heterocycles. The van der Waals surface area contributed by atoms with Crippen LogP contribution in [0, 0.1) is 0 Å². The normalized spacial score (nSPS) is 16.5. The second-order valence-electron chi connectivity index (χ2n) is 6.81. The van der Waals surface area contributed by atoms with Crippen LogP contribution in [0.2, 0.25) is 0 Å². The third-order valence-electron chi connectivity index (χ3n) is 5.23. The molecule has 2 aliphatic rings. The van der Waals surface area contributed by atoms with Gasteiger partial charge in [0, 0.05) is 44.6 Å². The number of hydrogen-bond donors (Lipinski definition) is 0. The number of fused-ring (bicyclic) bond motifs is 1. The minimum atomic E-state index is 0.706. The Morgan fingerprint density at radius 2 is 1.59 bits per heavy atom. The SMILES string of the molecule is c1ccc(N2CCN(c3nncc(N4CCc5ccccc54)n3)CC2)nc1. The molecule has 5 rings (SSSR count). The average Bonchev–Trinajstić information content (AvgIpc) is 3.19. The maximum atomic E-state index is 4.82. The van der Waals surface area contributed by atoms with Crippen LogP contribution in [0.15, 0.2) is 54.9 Å². The zero-order valence-electron chi connectivity index (χ0n) is 15.1. The molecule has 1 aromatic carbocycles. The molecule has 1 saturated heterocycles. The quantitative estimate of drug-likeness (QED) is 0.711. The number of anilines is 4. The lowest BCUT2D eigenvalue weighted by molar-refractivity contribution is 0.629. The Labute approximate surface area is 158 Å². The summed E-state index contributed by atoms with van der Waals surface area (Å²) in [4.78, 5) is 16.0. The van der Waals surface area contributed by atoms with E-state index < -0.39 is 0 Å². The van der Waals surface area contributed by atoms with E-state index in [4.69, 9.17) is 4.98 Å². The van der Waals surface area contributed by atoms with Gasteiger partial charge in [-0.25, -0.2) is 4.98 Å². The van der Waals surface area contributed by atoms with Crippen molar-refractivity contribution in [2.24, 2.45) is 0 Å². The molecule has 0 amide bonds. The van der Waals surface area contributed by atoms with Crippen LogP contribution in [0.4, 0.5) is 23.3 Å². The fourth-order valence-corrected chi connectivity index (χ4v) is 3.80. The van der Waals surface area contributed by atoms with Crippen LogP contribution in [0.25, 0.3) is 0 Å². The Balaban J connectivity index is 1.32. The van der Waals surface area contributed by atoms with E-state index in [9.17, 15) is 0 Å². The molecule has 7 nitrogen and oxygen atoms in total. The Bertz CT molecular complexity index is 922. The predicted octanol–water partition coefficient (Wildman–Crippen LogP) is 2.29. The molecule has 0 unspecified atom stereocenters. The van der Waals surface area contributed by atoms with Gasteiger partial charge in [0.15, 0.2) is 5.82 Å². The van der Waals surface area contributed by atoms with Gasteiger partial charge in [-0.1, -0.05) is 24.3 Å². The van der Waals surface area contributed by atoms with Gasteiger partial charge in [-0.3, -0.25) is 0 Å². The molecule has 4 heterocycles. The smallest absolute Gasteiger partial charge is 0.247 e. The highest BCUT2D eigenvalue weighted by Gasteiger charge is 2.24. The number of hydrogen-bond acceptors (Lipinski definition) is 7. The first-order valence-corrected chi connectivity index (χ1v) is 9.34. The van der Waals surface area contributed by atoms with Crippen molar-refractivity contribution in [1.82, 2.24) is 20.2 Å². The third-order valence-corrected chi connectivity index (χ3v) is 5.23. The Kier molecular flexibility index (Phi) is 4.04. The highest BCUT2D eigenvalue weighted by atomic mass is 15.4. The van der Waals surface area contributed by atoms with Gasteiger partial charge in [-0.2, -0.15) is 10.1 Å². The van der Waals surface area contributed by atoms with Crippen LogP contribution in [-0.4, -0.2) is 52.9 Å². The van der Waals surface area contributed by atoms with E-state index in [0.717, 1.165) is 50.8 Å². The standard InChI is InChI=1S/C20H21N7/c1-2-6-17-16(5-1)8-10-27(17)19-15-22-24-20(23-19)26-13-11-25(12-14-26)18-7-3-4-9-21-18/h1-7,9,15H,8,10-14H2. The summed E-state index contributed by atoms with van der Waals surface area (Å²) in [5, 5.41) is 8.52. The van der Waals surface area contributed by atoms with Crippen molar-refractivity contribution in [3.63, 3.8) is 0 Å². The largest absolute Gasteiger partial charge is 0.353 e. The molecule has 0 saturated carbocycles. The van der Waals surface area contributed by atoms with Crippen molar-refractivity contribution in [1.29, 1.82) is 0 Å². The number of rotatable bonds is 3. The molecule has 0 spiro atoms. The fraction of sp³-hybridized carbons (Fsp3) is 0.300. The van der Waals surface area contributed by atoms with E-state index >= 15 is 0 Å². The topological polar surface area (TPSA) is 61.3 Å². The molecule has 0 bridgehead atoms. The lowest BCUT2D eigenvalue weighted by Gasteiger charge is -2.35. The minimum Gasteiger partial charge on any atom is -0.353 e. The summed E-state index contributed by atoms with van der Waals surface area (Å²) in [6.07, 6.45) is 4.64. The van der Waals surface area contributed by atoms with Crippen LogP contribution in [0.3, 0.4) is 0 Å². The lowest BCUT2D eigenvalue weighted by Crippen LogP contribution is -2.47. The highest BCUT2D eigenvalue weighted by Crippen LogP contribution is 2.33. The zero-order valence-corrected chi connectivity index (χ0v) is 15.1. The summed E-state index contributed by atoms with van der Waals surface area (Å²) in [6.45, 7) is 4.45. The predicted molar refractivity (Wildman–Crippen MR) is 106 cm³/mol. The van der Waals surface area contributed by atoms with E-state index in [1.165, 1.54) is 11.3 Å². The first-order chi connectivity index (χ1) is 13.4. The molecular formula is C20H21N7. The average molecular weight is 359 g/mol. The summed E-state index contributed by atoms with van der Waals surface area (Å²) in [5.74, 6) is 2.60. The molecule has 0 atom stereocenters. The first-order valence-electron chi connectivity index (χ1n) is 9.34. The summed E-state index contributed by atoms with van der Waals surface area (Å²) in [7, 11) is 0. The second kappa shape index (κ2) is 6.83. The zero-order chi connectivity index (χ0) is 18.1. The van der Waals surface area contributed by atoms with Crippen LogP contribution in [0.5, 0.6) is 0 Å². The van der Waals surface area contributed by atoms with Gasteiger partial charge in [-0.05, 0) is 30.2 Å². The van der Waals surface area contributed by atoms with E-state index in [0.29, 0.717) is 5.95 Å². The van der Waals surface area contributed by atoms with Gasteiger partial charge in [0.2, 0.25) is 5.95 Å². The molecule has 136 valence electrons. The van der Waals surface area contributed by atoms with Crippen molar-refractivity contribution in [3.05, 3.63) is 60.4 Å². The number of para-hydroxylation sites is 1. The van der Waals surface area contributed by atoms with Gasteiger partial charge >= 0.3 is 0 Å². The van der Waals surface area contributed by atoms with Crippen molar-refractivity contribution in [2.75, 3.05) is 47.4 Å². The Hall–Kier alpha value is -3.22. The maximum Gasteiger partial charge on any atom is 0.247 e. The van der Waals surface area contributed by atoms with Gasteiger partial charge in [-0.15, -0.1) is 5.10 Å². The van der Waals surface area contributed by atoms with Crippen molar-refractivity contribution in [2.45, 2.75) is 6.42 Å². The van der Waals surface area contributed by atoms with Crippen molar-refractivity contribution < 1.29 is 0 Å². The van der Waals surface area contributed by atoms with Gasteiger partial charge in [0.25, 0.3) is 0 Å². The van der Waals surface area contributed by atoms with Crippen molar-refractivity contribution in [3.8, 4) is 0 Å². The Morgan fingerprint density at radius 3 is 2.44 bits per heavy atom. The second-order valence-corrected chi connectivity index (χ2v) is 6.81. The van der Waals surface area contributed by atoms with Gasteiger partial charge in [0.05, 0.1) is 6.20 Å². The van der Waals surface area contributed by atoms with E-state index in [1.54, 1.807) is 6.20 Å². The van der Waals surface area contributed by atoms with Crippen LogP contribution >= 0.6 is 0 Å². The van der Waals surface area contributed by atoms with Crippen LogP contribution in [-0.2, 0) is 6.42 Å². The van der Waals surface area contributed by atoms with E-state index in [2.05, 4.69) is 60.2 Å². The van der Waals surface area contributed by atoms with E-state index in [-0.39, 0.29) is 0 Å². The first kappa shape index (κ1) is 16.0. The maximum absolute atomic E-state index is 4.82. The third kappa shape index (κ3) is 3.05. The molecule has 27 heavy (non-hydrogen) atoms. The Morgan fingerprint density at radius 1 is 0.778 bits per heavy atom. The molecule has 7 heteroatoms. The van der Waals surface area contributed by atoms with E-state index in [1.807, 2.05) is 18.3 Å². The number of aromatic nitrogens is 4. The number of benzene rings is 1.